The van der Waals surface area contributed by atoms with Crippen LogP contribution >= 0.6 is 0 Å². The molecule has 0 aliphatic heterocycles. The van der Waals surface area contributed by atoms with E-state index in [2.05, 4.69) is 41.5 Å². The van der Waals surface area contributed by atoms with Gasteiger partial charge in [-0.15, -0.1) is 0 Å². The van der Waals surface area contributed by atoms with E-state index in [1.807, 2.05) is 0 Å². The van der Waals surface area contributed by atoms with Crippen LogP contribution in [-0.2, 0) is 0 Å². The Morgan fingerprint density at radius 1 is 0.562 bits per heavy atom. The van der Waals surface area contributed by atoms with Gasteiger partial charge in [0, 0.05) is 0 Å². The predicted molar refractivity (Wildman–Crippen MR) is 71.3 cm³/mol. The van der Waals surface area contributed by atoms with Gasteiger partial charge in [0.05, 0.1) is 0 Å². The molecule has 0 bridgehead atoms. The second-order valence-electron chi connectivity index (χ2n) is 8.59. The van der Waals surface area contributed by atoms with E-state index in [-0.39, 0.29) is 0 Å². The third kappa shape index (κ3) is 2.31. The van der Waals surface area contributed by atoms with E-state index in [0.29, 0.717) is 10.8 Å². The summed E-state index contributed by atoms with van der Waals surface area (Å²) in [5.74, 6) is 4.18. The van der Waals surface area contributed by atoms with Gasteiger partial charge in [0.1, 0.15) is 0 Å². The second kappa shape index (κ2) is 3.75. The zero-order valence-corrected chi connectivity index (χ0v) is 12.1. The lowest BCUT2D eigenvalue weighted by molar-refractivity contribution is -0.0358. The lowest BCUT2D eigenvalue weighted by Gasteiger charge is -2.54. The molecule has 0 aromatic heterocycles. The van der Waals surface area contributed by atoms with Crippen molar-refractivity contribution in [3.05, 3.63) is 0 Å². The molecular formula is C16H30. The van der Waals surface area contributed by atoms with Gasteiger partial charge in [0.2, 0.25) is 0 Å². The molecule has 2 rings (SSSR count). The Bertz CT molecular complexity index is 210. The summed E-state index contributed by atoms with van der Waals surface area (Å²) in [6.45, 7) is 14.5. The van der Waals surface area contributed by atoms with Gasteiger partial charge in [0.15, 0.2) is 0 Å². The standard InChI is InChI=1S/C16H30/c1-15(2,3)13-7-11(8-13)12-9-14(10-12)16(4,5)6/h11-14H,7-10H2,1-6H3. The minimum atomic E-state index is 0.559. The van der Waals surface area contributed by atoms with Crippen LogP contribution in [0.15, 0.2) is 0 Å². The van der Waals surface area contributed by atoms with Gasteiger partial charge < -0.3 is 0 Å². The molecular weight excluding hydrogens is 192 g/mol. The number of hydrogen-bond donors (Lipinski definition) is 0. The molecule has 0 aromatic carbocycles. The Morgan fingerprint density at radius 3 is 1.00 bits per heavy atom. The quantitative estimate of drug-likeness (QED) is 0.577. The molecule has 0 saturated heterocycles. The van der Waals surface area contributed by atoms with Crippen molar-refractivity contribution in [2.75, 3.05) is 0 Å². The van der Waals surface area contributed by atoms with Crippen LogP contribution in [0.25, 0.3) is 0 Å². The summed E-state index contributed by atoms with van der Waals surface area (Å²) in [4.78, 5) is 0. The predicted octanol–water partition coefficient (Wildman–Crippen LogP) is 5.13. The first kappa shape index (κ1) is 12.5. The van der Waals surface area contributed by atoms with Gasteiger partial charge in [0.25, 0.3) is 0 Å². The fourth-order valence-electron chi connectivity index (χ4n) is 3.51. The number of rotatable bonds is 1. The molecule has 0 radical (unpaired) electrons. The summed E-state index contributed by atoms with van der Waals surface area (Å²) < 4.78 is 0. The van der Waals surface area contributed by atoms with E-state index in [4.69, 9.17) is 0 Å². The highest BCUT2D eigenvalue weighted by Crippen LogP contribution is 2.56. The maximum absolute atomic E-state index is 2.41. The van der Waals surface area contributed by atoms with Crippen LogP contribution < -0.4 is 0 Å². The molecule has 2 fully saturated rings. The first-order chi connectivity index (χ1) is 7.18. The molecule has 0 spiro atoms. The number of hydrogen-bond acceptors (Lipinski definition) is 0. The molecule has 16 heavy (non-hydrogen) atoms. The van der Waals surface area contributed by atoms with Gasteiger partial charge in [-0.2, -0.15) is 0 Å². The Balaban J connectivity index is 1.72. The minimum Gasteiger partial charge on any atom is -0.0599 e. The van der Waals surface area contributed by atoms with Gasteiger partial charge >= 0.3 is 0 Å². The normalized spacial score (nSPS) is 40.1. The Kier molecular flexibility index (Phi) is 2.92. The fourth-order valence-corrected chi connectivity index (χ4v) is 3.51. The largest absolute Gasteiger partial charge is 0.0599 e. The van der Waals surface area contributed by atoms with Crippen LogP contribution in [0.3, 0.4) is 0 Å². The lowest BCUT2D eigenvalue weighted by atomic mass is 9.52. The average molecular weight is 222 g/mol. The third-order valence-electron chi connectivity index (χ3n) is 5.47. The first-order valence-corrected chi connectivity index (χ1v) is 7.18. The zero-order valence-electron chi connectivity index (χ0n) is 12.1. The SMILES string of the molecule is CC(C)(C)C1CC(C2CC(C(C)(C)C)C2)C1. The van der Waals surface area contributed by atoms with Crippen LogP contribution in [0.1, 0.15) is 67.2 Å². The van der Waals surface area contributed by atoms with Crippen molar-refractivity contribution in [2.24, 2.45) is 34.5 Å². The molecule has 0 nitrogen and oxygen atoms in total. The van der Waals surface area contributed by atoms with Crippen molar-refractivity contribution in [1.29, 1.82) is 0 Å². The maximum atomic E-state index is 2.41. The van der Waals surface area contributed by atoms with Crippen LogP contribution in [0.4, 0.5) is 0 Å². The summed E-state index contributed by atoms with van der Waals surface area (Å²) in [5.41, 5.74) is 1.12. The van der Waals surface area contributed by atoms with Crippen LogP contribution in [0.2, 0.25) is 0 Å². The zero-order chi connectivity index (χ0) is 12.1. The summed E-state index contributed by atoms with van der Waals surface area (Å²) in [6, 6.07) is 0. The van der Waals surface area contributed by atoms with Crippen LogP contribution in [0.5, 0.6) is 0 Å². The van der Waals surface area contributed by atoms with Gasteiger partial charge in [-0.1, -0.05) is 41.5 Å². The highest BCUT2D eigenvalue weighted by molar-refractivity contribution is 4.97. The summed E-state index contributed by atoms with van der Waals surface area (Å²) in [5, 5.41) is 0. The van der Waals surface area contributed by atoms with Gasteiger partial charge in [-0.25, -0.2) is 0 Å². The monoisotopic (exact) mass is 222 g/mol. The van der Waals surface area contributed by atoms with Crippen molar-refractivity contribution in [1.82, 2.24) is 0 Å². The Morgan fingerprint density at radius 2 is 0.812 bits per heavy atom. The Hall–Kier alpha value is 0. The molecule has 0 heteroatoms. The van der Waals surface area contributed by atoms with E-state index in [1.165, 1.54) is 25.7 Å². The molecule has 2 aliphatic rings. The van der Waals surface area contributed by atoms with E-state index in [0.717, 1.165) is 23.7 Å². The van der Waals surface area contributed by atoms with Crippen molar-refractivity contribution in [2.45, 2.75) is 67.2 Å². The molecule has 0 amide bonds. The Labute approximate surface area is 102 Å². The van der Waals surface area contributed by atoms with E-state index >= 15 is 0 Å². The van der Waals surface area contributed by atoms with E-state index in [1.54, 1.807) is 0 Å². The van der Waals surface area contributed by atoms with Crippen molar-refractivity contribution in [3.8, 4) is 0 Å². The summed E-state index contributed by atoms with van der Waals surface area (Å²) in [6.07, 6.45) is 6.08. The van der Waals surface area contributed by atoms with E-state index in [9.17, 15) is 0 Å². The smallest absolute Gasteiger partial charge is 0.0354 e. The second-order valence-corrected chi connectivity index (χ2v) is 8.59. The minimum absolute atomic E-state index is 0.559. The highest BCUT2D eigenvalue weighted by atomic mass is 14.5. The molecule has 94 valence electrons. The first-order valence-electron chi connectivity index (χ1n) is 7.18. The van der Waals surface area contributed by atoms with Crippen LogP contribution in [0, 0.1) is 34.5 Å². The average Bonchev–Trinajstić information content (AvgIpc) is 1.83. The molecule has 0 aromatic rings. The van der Waals surface area contributed by atoms with Gasteiger partial charge in [-0.05, 0) is 60.2 Å². The molecule has 2 aliphatic carbocycles. The molecule has 0 heterocycles. The van der Waals surface area contributed by atoms with Crippen molar-refractivity contribution < 1.29 is 0 Å². The molecule has 0 atom stereocenters. The third-order valence-corrected chi connectivity index (χ3v) is 5.47. The van der Waals surface area contributed by atoms with Crippen molar-refractivity contribution in [3.63, 3.8) is 0 Å². The summed E-state index contributed by atoms with van der Waals surface area (Å²) in [7, 11) is 0. The molecule has 0 N–H and O–H groups in total. The topological polar surface area (TPSA) is 0 Å². The van der Waals surface area contributed by atoms with Crippen LogP contribution in [-0.4, -0.2) is 0 Å². The van der Waals surface area contributed by atoms with Gasteiger partial charge in [-0.3, -0.25) is 0 Å². The summed E-state index contributed by atoms with van der Waals surface area (Å²) >= 11 is 0. The van der Waals surface area contributed by atoms with Crippen molar-refractivity contribution >= 4 is 0 Å². The van der Waals surface area contributed by atoms with E-state index < -0.39 is 0 Å². The molecule has 0 unspecified atom stereocenters. The fraction of sp³-hybridized carbons (Fsp3) is 1.00. The highest BCUT2D eigenvalue weighted by Gasteiger charge is 2.46. The lowest BCUT2D eigenvalue weighted by Crippen LogP contribution is -2.44. The maximum Gasteiger partial charge on any atom is -0.0354 e. The molecule has 2 saturated carbocycles.